The molecule has 0 aromatic heterocycles. The number of nitrogens with one attached hydrogen (secondary N) is 1. The van der Waals surface area contributed by atoms with Gasteiger partial charge < -0.3 is 20.3 Å². The molecular formula is C24H27NO3. The zero-order chi connectivity index (χ0) is 19.6. The topological polar surface area (TPSA) is 61.7 Å². The third-order valence-electron chi connectivity index (χ3n) is 4.71. The Hall–Kier alpha value is -2.50. The molecule has 0 aliphatic carbocycles. The molecule has 0 aliphatic rings. The van der Waals surface area contributed by atoms with Gasteiger partial charge in [-0.05, 0) is 16.7 Å². The molecule has 4 nitrogen and oxygen atoms in total. The zero-order valence-corrected chi connectivity index (χ0v) is 15.8. The van der Waals surface area contributed by atoms with E-state index in [1.807, 2.05) is 78.9 Å². The molecule has 0 saturated heterocycles. The minimum absolute atomic E-state index is 0.271. The average molecular weight is 377 g/mol. The highest BCUT2D eigenvalue weighted by Gasteiger charge is 2.30. The lowest BCUT2D eigenvalue weighted by atomic mass is 9.97. The Bertz CT molecular complexity index is 796. The van der Waals surface area contributed by atoms with Gasteiger partial charge in [-0.1, -0.05) is 91.0 Å². The Kier molecular flexibility index (Phi) is 7.76. The molecule has 0 radical (unpaired) electrons. The first-order valence-electron chi connectivity index (χ1n) is 9.54. The zero-order valence-electron chi connectivity index (χ0n) is 15.8. The van der Waals surface area contributed by atoms with E-state index >= 15 is 0 Å². The van der Waals surface area contributed by atoms with Gasteiger partial charge in [-0.3, -0.25) is 0 Å². The van der Waals surface area contributed by atoms with Crippen molar-refractivity contribution in [1.29, 1.82) is 0 Å². The van der Waals surface area contributed by atoms with Crippen LogP contribution in [0.4, 0.5) is 0 Å². The quantitative estimate of drug-likeness (QED) is 0.506. The summed E-state index contributed by atoms with van der Waals surface area (Å²) in [7, 11) is 0. The van der Waals surface area contributed by atoms with Gasteiger partial charge in [-0.15, -0.1) is 0 Å². The van der Waals surface area contributed by atoms with Crippen LogP contribution < -0.4 is 5.32 Å². The number of aliphatic hydroxyl groups is 2. The minimum Gasteiger partial charge on any atom is -0.394 e. The van der Waals surface area contributed by atoms with E-state index in [0.29, 0.717) is 13.2 Å². The van der Waals surface area contributed by atoms with Gasteiger partial charge in [0.1, 0.15) is 12.2 Å². The highest BCUT2D eigenvalue weighted by molar-refractivity contribution is 5.22. The Morgan fingerprint density at radius 2 is 1.29 bits per heavy atom. The molecule has 3 atom stereocenters. The van der Waals surface area contributed by atoms with Gasteiger partial charge >= 0.3 is 0 Å². The SMILES string of the molecule is OC[C@H](O)[C@@H](OCc1ccccc1)[C@H](NCc1ccccc1)c1ccccc1. The van der Waals surface area contributed by atoms with Crippen LogP contribution in [0.1, 0.15) is 22.7 Å². The molecule has 0 saturated carbocycles. The maximum Gasteiger partial charge on any atom is 0.105 e. The fraction of sp³-hybridized carbons (Fsp3) is 0.250. The van der Waals surface area contributed by atoms with E-state index < -0.39 is 12.2 Å². The molecule has 3 N–H and O–H groups in total. The maximum atomic E-state index is 10.5. The molecule has 4 heteroatoms. The smallest absolute Gasteiger partial charge is 0.105 e. The van der Waals surface area contributed by atoms with Crippen LogP contribution >= 0.6 is 0 Å². The molecule has 0 aliphatic heterocycles. The van der Waals surface area contributed by atoms with E-state index in [4.69, 9.17) is 4.74 Å². The van der Waals surface area contributed by atoms with Crippen molar-refractivity contribution in [2.24, 2.45) is 0 Å². The Morgan fingerprint density at radius 3 is 1.86 bits per heavy atom. The summed E-state index contributed by atoms with van der Waals surface area (Å²) in [6.45, 7) is 0.623. The lowest BCUT2D eigenvalue weighted by Crippen LogP contribution is -2.43. The van der Waals surface area contributed by atoms with Crippen molar-refractivity contribution in [2.75, 3.05) is 6.61 Å². The maximum absolute atomic E-state index is 10.5. The summed E-state index contributed by atoms with van der Waals surface area (Å²) in [6.07, 6.45) is -1.60. The molecule has 146 valence electrons. The molecule has 3 aromatic rings. The second-order valence-corrected chi connectivity index (χ2v) is 6.77. The van der Waals surface area contributed by atoms with Gasteiger partial charge in [0.2, 0.25) is 0 Å². The lowest BCUT2D eigenvalue weighted by Gasteiger charge is -2.31. The van der Waals surface area contributed by atoms with E-state index in [1.165, 1.54) is 0 Å². The summed E-state index contributed by atoms with van der Waals surface area (Å²) in [5.74, 6) is 0. The molecule has 0 bridgehead atoms. The summed E-state index contributed by atoms with van der Waals surface area (Å²) < 4.78 is 6.11. The highest BCUT2D eigenvalue weighted by Crippen LogP contribution is 2.24. The number of hydrogen-bond donors (Lipinski definition) is 3. The van der Waals surface area contributed by atoms with E-state index in [0.717, 1.165) is 16.7 Å². The van der Waals surface area contributed by atoms with Crippen LogP contribution in [0, 0.1) is 0 Å². The summed E-state index contributed by atoms with van der Waals surface area (Å²) in [5, 5.41) is 23.6. The summed E-state index contributed by atoms with van der Waals surface area (Å²) in [5.41, 5.74) is 3.17. The summed E-state index contributed by atoms with van der Waals surface area (Å²) >= 11 is 0. The molecule has 3 aromatic carbocycles. The third kappa shape index (κ3) is 5.75. The molecule has 0 spiro atoms. The van der Waals surface area contributed by atoms with Crippen LogP contribution in [0.2, 0.25) is 0 Å². The largest absolute Gasteiger partial charge is 0.394 e. The minimum atomic E-state index is -1.00. The monoisotopic (exact) mass is 377 g/mol. The van der Waals surface area contributed by atoms with E-state index in [1.54, 1.807) is 0 Å². The van der Waals surface area contributed by atoms with Gasteiger partial charge in [0.15, 0.2) is 0 Å². The van der Waals surface area contributed by atoms with Crippen LogP contribution in [0.15, 0.2) is 91.0 Å². The van der Waals surface area contributed by atoms with Crippen molar-refractivity contribution in [3.8, 4) is 0 Å². The summed E-state index contributed by atoms with van der Waals surface area (Å²) in [4.78, 5) is 0. The second kappa shape index (κ2) is 10.7. The Morgan fingerprint density at radius 1 is 0.750 bits per heavy atom. The Labute approximate surface area is 166 Å². The van der Waals surface area contributed by atoms with Gasteiger partial charge in [-0.25, -0.2) is 0 Å². The fourth-order valence-electron chi connectivity index (χ4n) is 3.21. The second-order valence-electron chi connectivity index (χ2n) is 6.77. The van der Waals surface area contributed by atoms with Gasteiger partial charge in [0.25, 0.3) is 0 Å². The van der Waals surface area contributed by atoms with Crippen LogP contribution in [0.25, 0.3) is 0 Å². The summed E-state index contributed by atoms with van der Waals surface area (Å²) in [6, 6.07) is 29.6. The molecule has 28 heavy (non-hydrogen) atoms. The van der Waals surface area contributed by atoms with E-state index in [-0.39, 0.29) is 12.6 Å². The van der Waals surface area contributed by atoms with Gasteiger partial charge in [-0.2, -0.15) is 0 Å². The fourth-order valence-corrected chi connectivity index (χ4v) is 3.21. The predicted octanol–water partition coefficient (Wildman–Crippen LogP) is 3.46. The van der Waals surface area contributed by atoms with Crippen molar-refractivity contribution < 1.29 is 14.9 Å². The van der Waals surface area contributed by atoms with Gasteiger partial charge in [0.05, 0.1) is 19.3 Å². The van der Waals surface area contributed by atoms with E-state index in [2.05, 4.69) is 17.4 Å². The first-order valence-corrected chi connectivity index (χ1v) is 9.54. The number of benzene rings is 3. The molecule has 0 heterocycles. The molecule has 0 unspecified atom stereocenters. The number of rotatable bonds is 10. The predicted molar refractivity (Wildman–Crippen MR) is 111 cm³/mol. The van der Waals surface area contributed by atoms with Crippen molar-refractivity contribution in [3.05, 3.63) is 108 Å². The van der Waals surface area contributed by atoms with Crippen molar-refractivity contribution in [1.82, 2.24) is 5.32 Å². The normalized spacial score (nSPS) is 14.4. The average Bonchev–Trinajstić information content (AvgIpc) is 2.77. The van der Waals surface area contributed by atoms with Crippen LogP contribution in [-0.4, -0.2) is 29.0 Å². The number of hydrogen-bond acceptors (Lipinski definition) is 4. The highest BCUT2D eigenvalue weighted by atomic mass is 16.5. The standard InChI is InChI=1S/C24H27NO3/c26-17-22(27)24(28-18-20-12-6-2-7-13-20)23(21-14-8-3-9-15-21)25-16-19-10-4-1-5-11-19/h1-15,22-27H,16-18H2/t22-,23+,24+/m0/s1. The molecule has 0 fully saturated rings. The first kappa shape index (κ1) is 20.2. The lowest BCUT2D eigenvalue weighted by molar-refractivity contribution is -0.0827. The van der Waals surface area contributed by atoms with Gasteiger partial charge in [0, 0.05) is 6.54 Å². The third-order valence-corrected chi connectivity index (χ3v) is 4.71. The van der Waals surface area contributed by atoms with Crippen molar-refractivity contribution in [3.63, 3.8) is 0 Å². The van der Waals surface area contributed by atoms with Crippen LogP contribution in [0.3, 0.4) is 0 Å². The molecular weight excluding hydrogens is 350 g/mol. The molecule has 3 rings (SSSR count). The van der Waals surface area contributed by atoms with E-state index in [9.17, 15) is 10.2 Å². The van der Waals surface area contributed by atoms with Crippen molar-refractivity contribution in [2.45, 2.75) is 31.4 Å². The molecule has 0 amide bonds. The number of ether oxygens (including phenoxy) is 1. The van der Waals surface area contributed by atoms with Crippen molar-refractivity contribution >= 4 is 0 Å². The van der Waals surface area contributed by atoms with Crippen LogP contribution in [0.5, 0.6) is 0 Å². The van der Waals surface area contributed by atoms with Crippen LogP contribution in [-0.2, 0) is 17.9 Å². The Balaban J connectivity index is 1.80. The number of aliphatic hydroxyl groups excluding tert-OH is 2. The first-order chi connectivity index (χ1) is 13.8.